The van der Waals surface area contributed by atoms with Gasteiger partial charge in [-0.05, 0) is 90.7 Å². The maximum Gasteiger partial charge on any atom is 0.322 e. The third-order valence-electron chi connectivity index (χ3n) is 15.0. The SMILES string of the molecule is C[C@]12CC[C@H]3[C@]4(C=C[C@@]5(C=C4C(=O)c4ccccc4)CC(O)CC[C@]35C)[C@@H]1CC[C@@]2(O)CN(Cc1cccc2ccccc12)C(=O)Nc1ccccc1. The molecule has 3 fully saturated rings. The Morgan fingerprint density at radius 3 is 2.23 bits per heavy atom. The number of aliphatic hydroxyl groups is 2. The van der Waals surface area contributed by atoms with E-state index >= 15 is 0 Å². The number of carbonyl (C=O) groups is 2. The number of fused-ring (bicyclic) bond motifs is 2. The summed E-state index contributed by atoms with van der Waals surface area (Å²) in [5, 5.41) is 29.6. The number of carbonyl (C=O) groups excluding carboxylic acids is 2. The molecular formula is C47H50N2O4. The zero-order chi connectivity index (χ0) is 36.6. The Balaban J connectivity index is 1.12. The van der Waals surface area contributed by atoms with Gasteiger partial charge in [0.05, 0.1) is 18.2 Å². The molecule has 0 aliphatic heterocycles. The number of nitrogens with one attached hydrogen (secondary N) is 1. The summed E-state index contributed by atoms with van der Waals surface area (Å²) in [7, 11) is 0. The van der Waals surface area contributed by atoms with Gasteiger partial charge in [-0.3, -0.25) is 4.79 Å². The van der Waals surface area contributed by atoms with Crippen LogP contribution >= 0.6 is 0 Å². The van der Waals surface area contributed by atoms with Crippen LogP contribution in [0.5, 0.6) is 0 Å². The summed E-state index contributed by atoms with van der Waals surface area (Å²) < 4.78 is 0. The number of hydrogen-bond acceptors (Lipinski definition) is 4. The number of rotatable bonds is 7. The van der Waals surface area contributed by atoms with Crippen molar-refractivity contribution in [2.45, 2.75) is 77.0 Å². The lowest BCUT2D eigenvalue weighted by Gasteiger charge is -2.71. The number of Topliss-reactive ketones (excluding diaryl/α,β-unsaturated/α-hetero) is 1. The molecule has 0 radical (unpaired) electrons. The van der Waals surface area contributed by atoms with Gasteiger partial charge in [-0.1, -0.05) is 123 Å². The molecule has 2 amide bonds. The van der Waals surface area contributed by atoms with E-state index in [1.807, 2.05) is 83.8 Å². The van der Waals surface area contributed by atoms with Crippen molar-refractivity contribution in [1.82, 2.24) is 4.90 Å². The molecule has 3 N–H and O–H groups in total. The normalized spacial score (nSPS) is 35.2. The van der Waals surface area contributed by atoms with Gasteiger partial charge in [0.25, 0.3) is 0 Å². The fourth-order valence-electron chi connectivity index (χ4n) is 12.2. The average Bonchev–Trinajstić information content (AvgIpc) is 3.44. The van der Waals surface area contributed by atoms with Gasteiger partial charge in [-0.2, -0.15) is 0 Å². The van der Waals surface area contributed by atoms with Crippen molar-refractivity contribution in [1.29, 1.82) is 0 Å². The van der Waals surface area contributed by atoms with E-state index in [0.717, 1.165) is 54.0 Å². The van der Waals surface area contributed by atoms with Crippen molar-refractivity contribution >= 4 is 28.3 Å². The number of amides is 2. The Bertz CT molecular complexity index is 2140. The summed E-state index contributed by atoms with van der Waals surface area (Å²) in [6.07, 6.45) is 11.8. The minimum absolute atomic E-state index is 0.00697. The van der Waals surface area contributed by atoms with Crippen LogP contribution in [-0.4, -0.2) is 45.2 Å². The highest BCUT2D eigenvalue weighted by molar-refractivity contribution is 6.10. The van der Waals surface area contributed by atoms with Gasteiger partial charge in [0.15, 0.2) is 5.78 Å². The number of aliphatic hydroxyl groups excluding tert-OH is 1. The zero-order valence-corrected chi connectivity index (χ0v) is 30.8. The second-order valence-corrected chi connectivity index (χ2v) is 17.3. The molecule has 4 aromatic carbocycles. The Morgan fingerprint density at radius 2 is 1.43 bits per heavy atom. The van der Waals surface area contributed by atoms with Crippen LogP contribution in [0.15, 0.2) is 127 Å². The van der Waals surface area contributed by atoms with E-state index in [0.29, 0.717) is 30.6 Å². The highest BCUT2D eigenvalue weighted by Gasteiger charge is 2.74. The summed E-state index contributed by atoms with van der Waals surface area (Å²) in [4.78, 5) is 31.0. The topological polar surface area (TPSA) is 89.9 Å². The number of anilines is 1. The van der Waals surface area contributed by atoms with Gasteiger partial charge in [-0.15, -0.1) is 0 Å². The number of urea groups is 1. The standard InChI is InChI=1S/C47H50N2O4/c1-43-23-20-36(50)28-45(43)26-27-47(38(29-45)41(51)33-13-5-3-6-14-33)39(43)21-24-44(2)40(47)22-25-46(44,53)31-49(42(52)48-35-17-7-4-8-18-35)30-34-16-11-15-32-12-9-10-19-37(32)34/h3-19,26-27,29,36,39-40,50,53H,20-25,28,30-31H2,1-2H3,(H,48,52)/t36?,39-,40-,43-,44+,45+,46-,47-/m1/s1. The monoisotopic (exact) mass is 706 g/mol. The maximum absolute atomic E-state index is 14.8. The number of para-hydroxylation sites is 1. The zero-order valence-electron chi connectivity index (χ0n) is 30.8. The molecular weight excluding hydrogens is 657 g/mol. The van der Waals surface area contributed by atoms with E-state index in [4.69, 9.17) is 0 Å². The molecule has 53 heavy (non-hydrogen) atoms. The van der Waals surface area contributed by atoms with E-state index in [1.165, 1.54) is 0 Å². The number of allylic oxidation sites excluding steroid dienone is 4. The molecule has 0 saturated heterocycles. The van der Waals surface area contributed by atoms with E-state index in [1.54, 1.807) is 0 Å². The Kier molecular flexibility index (Phi) is 7.92. The second-order valence-electron chi connectivity index (χ2n) is 17.3. The van der Waals surface area contributed by atoms with Gasteiger partial charge < -0.3 is 20.4 Å². The number of benzene rings is 4. The van der Waals surface area contributed by atoms with Crippen LogP contribution in [0.1, 0.15) is 74.7 Å². The van der Waals surface area contributed by atoms with Crippen LogP contribution in [0.3, 0.4) is 0 Å². The van der Waals surface area contributed by atoms with Gasteiger partial charge >= 0.3 is 6.03 Å². The van der Waals surface area contributed by atoms with Crippen LogP contribution in [0.25, 0.3) is 10.8 Å². The molecule has 0 heterocycles. The first kappa shape index (κ1) is 34.3. The first-order chi connectivity index (χ1) is 25.5. The van der Waals surface area contributed by atoms with E-state index in [9.17, 15) is 19.8 Å². The predicted molar refractivity (Wildman–Crippen MR) is 209 cm³/mol. The highest BCUT2D eigenvalue weighted by Crippen LogP contribution is 2.78. The van der Waals surface area contributed by atoms with E-state index in [2.05, 4.69) is 61.7 Å². The molecule has 4 aromatic rings. The van der Waals surface area contributed by atoms with Crippen LogP contribution in [0.2, 0.25) is 0 Å². The smallest absolute Gasteiger partial charge is 0.322 e. The largest absolute Gasteiger partial charge is 0.393 e. The lowest BCUT2D eigenvalue weighted by atomic mass is 9.32. The summed E-state index contributed by atoms with van der Waals surface area (Å²) in [6.45, 7) is 5.16. The minimum Gasteiger partial charge on any atom is -0.393 e. The number of hydrogen-bond donors (Lipinski definition) is 3. The van der Waals surface area contributed by atoms with Crippen LogP contribution in [0.4, 0.5) is 10.5 Å². The van der Waals surface area contributed by atoms with E-state index < -0.39 is 22.5 Å². The number of ketones is 1. The molecule has 2 spiro atoms. The molecule has 6 aliphatic carbocycles. The summed E-state index contributed by atoms with van der Waals surface area (Å²) >= 11 is 0. The van der Waals surface area contributed by atoms with E-state index in [-0.39, 0.29) is 41.0 Å². The molecule has 272 valence electrons. The highest BCUT2D eigenvalue weighted by atomic mass is 16.3. The molecule has 6 nitrogen and oxygen atoms in total. The van der Waals surface area contributed by atoms with Crippen molar-refractivity contribution < 1.29 is 19.8 Å². The van der Waals surface area contributed by atoms with Crippen molar-refractivity contribution in [3.05, 3.63) is 138 Å². The first-order valence-corrected chi connectivity index (χ1v) is 19.5. The third kappa shape index (κ3) is 4.98. The lowest BCUT2D eigenvalue weighted by molar-refractivity contribution is -0.174. The molecule has 10 rings (SSSR count). The fourth-order valence-corrected chi connectivity index (χ4v) is 12.2. The molecule has 6 heteroatoms. The molecule has 6 aliphatic rings. The summed E-state index contributed by atoms with van der Waals surface area (Å²) in [6, 6.07) is 33.3. The van der Waals surface area contributed by atoms with Gasteiger partial charge in [0, 0.05) is 39.6 Å². The molecule has 8 atom stereocenters. The third-order valence-corrected chi connectivity index (χ3v) is 15.0. The molecule has 1 unspecified atom stereocenters. The second kappa shape index (κ2) is 12.3. The van der Waals surface area contributed by atoms with Gasteiger partial charge in [0.2, 0.25) is 0 Å². The summed E-state index contributed by atoms with van der Waals surface area (Å²) in [5.41, 5.74) is 0.442. The Hall–Kier alpha value is -4.52. The molecule has 3 saturated carbocycles. The first-order valence-electron chi connectivity index (χ1n) is 19.5. The van der Waals surface area contributed by atoms with Crippen LogP contribution in [-0.2, 0) is 6.54 Å². The minimum atomic E-state index is -1.19. The van der Waals surface area contributed by atoms with Crippen molar-refractivity contribution in [2.75, 3.05) is 11.9 Å². The van der Waals surface area contributed by atoms with Crippen LogP contribution < -0.4 is 5.32 Å². The Morgan fingerprint density at radius 1 is 0.774 bits per heavy atom. The predicted octanol–water partition coefficient (Wildman–Crippen LogP) is 9.35. The van der Waals surface area contributed by atoms with Crippen molar-refractivity contribution in [3.63, 3.8) is 0 Å². The lowest BCUT2D eigenvalue weighted by Crippen LogP contribution is -2.67. The molecule has 0 aromatic heterocycles. The maximum atomic E-state index is 14.8. The van der Waals surface area contributed by atoms with Gasteiger partial charge in [-0.25, -0.2) is 4.79 Å². The quantitative estimate of drug-likeness (QED) is 0.132. The van der Waals surface area contributed by atoms with Crippen molar-refractivity contribution in [3.8, 4) is 0 Å². The summed E-state index contributed by atoms with van der Waals surface area (Å²) in [5.74, 6) is 0.252. The number of nitrogens with zero attached hydrogens (tertiary/aromatic N) is 1. The average molecular weight is 707 g/mol. The van der Waals surface area contributed by atoms with Crippen molar-refractivity contribution in [2.24, 2.45) is 33.5 Å². The fraction of sp³-hybridized carbons (Fsp3) is 0.404. The Labute approximate surface area is 312 Å². The van der Waals surface area contributed by atoms with Gasteiger partial charge in [0.1, 0.15) is 0 Å². The molecule has 2 bridgehead atoms. The van der Waals surface area contributed by atoms with Crippen LogP contribution in [0, 0.1) is 33.5 Å².